The summed E-state index contributed by atoms with van der Waals surface area (Å²) in [5.74, 6) is -0.0159. The Labute approximate surface area is 192 Å². The molecule has 2 aliphatic heterocycles. The molecule has 32 heavy (non-hydrogen) atoms. The van der Waals surface area contributed by atoms with E-state index in [0.717, 1.165) is 12.0 Å². The third kappa shape index (κ3) is 5.08. The largest absolute Gasteiger partial charge is 0.493 e. The van der Waals surface area contributed by atoms with E-state index in [9.17, 15) is 14.3 Å². The Hall–Kier alpha value is -2.57. The Bertz CT molecular complexity index is 1030. The fourth-order valence-corrected chi connectivity index (χ4v) is 4.34. The van der Waals surface area contributed by atoms with E-state index in [-0.39, 0.29) is 11.7 Å². The summed E-state index contributed by atoms with van der Waals surface area (Å²) in [6.07, 6.45) is 2.64. The van der Waals surface area contributed by atoms with Gasteiger partial charge in [0.15, 0.2) is 0 Å². The summed E-state index contributed by atoms with van der Waals surface area (Å²) in [6.45, 7) is 6.17. The Kier molecular flexibility index (Phi) is 6.45. The highest BCUT2D eigenvalue weighted by molar-refractivity contribution is 6.30. The topological polar surface area (TPSA) is 59.0 Å². The number of hydrogen-bond acceptors (Lipinski definition) is 4. The number of halogens is 2. The third-order valence-electron chi connectivity index (χ3n) is 5.95. The summed E-state index contributed by atoms with van der Waals surface area (Å²) < 4.78 is 26.4. The molecule has 0 aliphatic carbocycles. The van der Waals surface area contributed by atoms with Gasteiger partial charge in [0.1, 0.15) is 23.9 Å². The van der Waals surface area contributed by atoms with Gasteiger partial charge in [-0.15, -0.1) is 0 Å². The molecule has 7 heteroatoms. The number of benzene rings is 2. The highest BCUT2D eigenvalue weighted by Gasteiger charge is 2.45. The van der Waals surface area contributed by atoms with Crippen LogP contribution >= 0.6 is 11.6 Å². The molecule has 0 amide bonds. The van der Waals surface area contributed by atoms with Crippen molar-refractivity contribution in [1.29, 1.82) is 0 Å². The first kappa shape index (κ1) is 22.6. The monoisotopic (exact) mass is 459 g/mol. The van der Waals surface area contributed by atoms with Crippen molar-refractivity contribution in [3.05, 3.63) is 63.9 Å². The van der Waals surface area contributed by atoms with Crippen molar-refractivity contribution in [1.82, 2.24) is 4.90 Å². The SMILES string of the molecule is C[C@H](COc1cc(F)c2c(c1)OCC(CN1CC(C)(C(=O)O)C1)=C2)Cc1ccc(Cl)cc1. The average molecular weight is 460 g/mol. The molecule has 1 N–H and O–H groups in total. The maximum atomic E-state index is 14.8. The molecule has 0 bridgehead atoms. The van der Waals surface area contributed by atoms with Gasteiger partial charge in [0.05, 0.1) is 17.6 Å². The second kappa shape index (κ2) is 9.12. The Morgan fingerprint density at radius 2 is 2.03 bits per heavy atom. The fraction of sp³-hybridized carbons (Fsp3) is 0.400. The normalized spacial score (nSPS) is 18.1. The number of carbonyl (C=O) groups is 1. The molecule has 0 spiro atoms. The predicted molar refractivity (Wildman–Crippen MR) is 122 cm³/mol. The number of hydrogen-bond donors (Lipinski definition) is 1. The van der Waals surface area contributed by atoms with Crippen LogP contribution < -0.4 is 9.47 Å². The average Bonchev–Trinajstić information content (AvgIpc) is 2.73. The van der Waals surface area contributed by atoms with Crippen LogP contribution in [0.1, 0.15) is 25.0 Å². The van der Waals surface area contributed by atoms with Crippen molar-refractivity contribution in [2.75, 3.05) is 32.8 Å². The predicted octanol–water partition coefficient (Wildman–Crippen LogP) is 4.92. The summed E-state index contributed by atoms with van der Waals surface area (Å²) in [7, 11) is 0. The zero-order valence-corrected chi connectivity index (χ0v) is 19.0. The molecular formula is C25H27ClFNO4. The summed E-state index contributed by atoms with van der Waals surface area (Å²) in [4.78, 5) is 13.3. The van der Waals surface area contributed by atoms with Crippen LogP contribution in [0.3, 0.4) is 0 Å². The van der Waals surface area contributed by atoms with Crippen LogP contribution in [-0.4, -0.2) is 48.8 Å². The number of carboxylic acids is 1. The lowest BCUT2D eigenvalue weighted by Gasteiger charge is -2.45. The number of carboxylic acid groups (broad SMARTS) is 1. The quantitative estimate of drug-likeness (QED) is 0.607. The maximum Gasteiger partial charge on any atom is 0.311 e. The second-order valence-corrected chi connectivity index (χ2v) is 9.60. The van der Waals surface area contributed by atoms with Crippen LogP contribution in [0.5, 0.6) is 11.5 Å². The molecule has 1 fully saturated rings. The summed E-state index contributed by atoms with van der Waals surface area (Å²) in [5.41, 5.74) is 1.81. The Morgan fingerprint density at radius 3 is 2.72 bits per heavy atom. The molecule has 2 aromatic rings. The summed E-state index contributed by atoms with van der Waals surface area (Å²) in [6, 6.07) is 10.9. The molecule has 0 saturated carbocycles. The second-order valence-electron chi connectivity index (χ2n) is 9.17. The minimum atomic E-state index is -0.783. The van der Waals surface area contributed by atoms with Gasteiger partial charge in [-0.05, 0) is 48.6 Å². The molecule has 5 nitrogen and oxygen atoms in total. The van der Waals surface area contributed by atoms with E-state index in [2.05, 4.69) is 6.92 Å². The standard InChI is InChI=1S/C25H27ClFNO4/c1-16(7-17-3-5-19(26)6-4-17)12-31-20-9-22(27)21-8-18(13-32-23(21)10-20)11-28-14-25(2,15-28)24(29)30/h3-6,8-10,16H,7,11-15H2,1-2H3,(H,29,30)/t16-/m0/s1. The number of aliphatic carboxylic acids is 1. The molecule has 1 atom stereocenters. The van der Waals surface area contributed by atoms with Crippen LogP contribution in [0.25, 0.3) is 6.08 Å². The van der Waals surface area contributed by atoms with E-state index in [1.165, 1.54) is 11.6 Å². The van der Waals surface area contributed by atoms with Crippen molar-refractivity contribution in [2.45, 2.75) is 20.3 Å². The first-order valence-corrected chi connectivity index (χ1v) is 11.1. The van der Waals surface area contributed by atoms with Crippen LogP contribution in [0.15, 0.2) is 42.0 Å². The van der Waals surface area contributed by atoms with Gasteiger partial charge < -0.3 is 14.6 Å². The van der Waals surface area contributed by atoms with E-state index in [4.69, 9.17) is 21.1 Å². The molecule has 4 rings (SSSR count). The van der Waals surface area contributed by atoms with E-state index < -0.39 is 11.4 Å². The zero-order valence-electron chi connectivity index (χ0n) is 18.2. The van der Waals surface area contributed by atoms with Crippen LogP contribution in [0, 0.1) is 17.2 Å². The van der Waals surface area contributed by atoms with Gasteiger partial charge in [-0.1, -0.05) is 30.7 Å². The number of ether oxygens (including phenoxy) is 2. The number of rotatable bonds is 8. The van der Waals surface area contributed by atoms with Gasteiger partial charge in [0.25, 0.3) is 0 Å². The lowest BCUT2D eigenvalue weighted by atomic mass is 9.82. The number of likely N-dealkylation sites (tertiary alicyclic amines) is 1. The van der Waals surface area contributed by atoms with Crippen molar-refractivity contribution in [3.63, 3.8) is 0 Å². The van der Waals surface area contributed by atoms with Gasteiger partial charge in [-0.3, -0.25) is 9.69 Å². The summed E-state index contributed by atoms with van der Waals surface area (Å²) >= 11 is 5.93. The van der Waals surface area contributed by atoms with Crippen LogP contribution in [-0.2, 0) is 11.2 Å². The molecule has 2 aliphatic rings. The number of nitrogens with zero attached hydrogens (tertiary/aromatic N) is 1. The molecule has 170 valence electrons. The van der Waals surface area contributed by atoms with E-state index in [1.54, 1.807) is 19.1 Å². The minimum absolute atomic E-state index is 0.246. The lowest BCUT2D eigenvalue weighted by molar-refractivity contribution is -0.158. The van der Waals surface area contributed by atoms with Crippen molar-refractivity contribution < 1.29 is 23.8 Å². The van der Waals surface area contributed by atoms with Crippen LogP contribution in [0.4, 0.5) is 4.39 Å². The Morgan fingerprint density at radius 1 is 1.31 bits per heavy atom. The molecule has 0 unspecified atom stereocenters. The zero-order chi connectivity index (χ0) is 22.9. The van der Waals surface area contributed by atoms with Crippen LogP contribution in [0.2, 0.25) is 5.02 Å². The van der Waals surface area contributed by atoms with E-state index >= 15 is 0 Å². The highest BCUT2D eigenvalue weighted by Crippen LogP contribution is 2.35. The van der Waals surface area contributed by atoms with Crippen molar-refractivity contribution in [2.24, 2.45) is 11.3 Å². The Balaban J connectivity index is 1.34. The van der Waals surface area contributed by atoms with Gasteiger partial charge in [0, 0.05) is 36.8 Å². The molecule has 2 aromatic carbocycles. The first-order chi connectivity index (χ1) is 15.2. The van der Waals surface area contributed by atoms with Gasteiger partial charge in [0.2, 0.25) is 0 Å². The summed E-state index contributed by atoms with van der Waals surface area (Å²) in [5, 5.41) is 9.95. The fourth-order valence-electron chi connectivity index (χ4n) is 4.21. The third-order valence-corrected chi connectivity index (χ3v) is 6.20. The maximum absolute atomic E-state index is 14.8. The van der Waals surface area contributed by atoms with Gasteiger partial charge in [-0.25, -0.2) is 4.39 Å². The molecule has 0 aromatic heterocycles. The van der Waals surface area contributed by atoms with Crippen molar-refractivity contribution >= 4 is 23.6 Å². The molecule has 0 radical (unpaired) electrons. The van der Waals surface area contributed by atoms with E-state index in [1.807, 2.05) is 29.2 Å². The van der Waals surface area contributed by atoms with Crippen molar-refractivity contribution in [3.8, 4) is 11.5 Å². The molecule has 1 saturated heterocycles. The smallest absolute Gasteiger partial charge is 0.311 e. The van der Waals surface area contributed by atoms with Gasteiger partial charge >= 0.3 is 5.97 Å². The van der Waals surface area contributed by atoms with Gasteiger partial charge in [-0.2, -0.15) is 0 Å². The number of fused-ring (bicyclic) bond motifs is 1. The first-order valence-electron chi connectivity index (χ1n) is 10.7. The highest BCUT2D eigenvalue weighted by atomic mass is 35.5. The minimum Gasteiger partial charge on any atom is -0.493 e. The lowest BCUT2D eigenvalue weighted by Crippen LogP contribution is -2.59. The molecule has 2 heterocycles. The molecular weight excluding hydrogens is 433 g/mol. The van der Waals surface area contributed by atoms with E-state index in [0.29, 0.717) is 54.9 Å².